The molecule has 154 valence electrons. The maximum Gasteiger partial charge on any atom is 0.246 e. The molecular formula is C20H26N6O2S. The van der Waals surface area contributed by atoms with Gasteiger partial charge in [0.05, 0.1) is 11.9 Å². The molecule has 0 radical (unpaired) electrons. The second kappa shape index (κ2) is 6.91. The van der Waals surface area contributed by atoms with Crippen molar-refractivity contribution in [1.82, 2.24) is 28.7 Å². The number of aromatic nitrogens is 5. The molecule has 3 aromatic heterocycles. The molecule has 0 atom stereocenters. The number of fused-ring (bicyclic) bond motifs is 1. The summed E-state index contributed by atoms with van der Waals surface area (Å²) in [5.41, 5.74) is 4.17. The van der Waals surface area contributed by atoms with Gasteiger partial charge >= 0.3 is 0 Å². The number of hydrogen-bond donors (Lipinski definition) is 0. The highest BCUT2D eigenvalue weighted by molar-refractivity contribution is 7.89. The molecule has 2 aliphatic rings. The van der Waals surface area contributed by atoms with Gasteiger partial charge in [0.25, 0.3) is 0 Å². The number of rotatable bonds is 5. The quantitative estimate of drug-likeness (QED) is 0.641. The van der Waals surface area contributed by atoms with Crippen molar-refractivity contribution in [1.29, 1.82) is 0 Å². The van der Waals surface area contributed by atoms with E-state index in [1.165, 1.54) is 11.1 Å². The SMILES string of the molecule is CCn1ncc(S(=O)(=O)N2CCC(c3cn4ncnc4cc3C)CC2)c1C1CC1. The highest BCUT2D eigenvalue weighted by Crippen LogP contribution is 2.44. The standard InChI is InChI=1S/C20H26N6O2S/c1-3-25-20(16-4-5-16)18(11-22-25)29(27,28)24-8-6-15(7-9-24)17-12-26-19(10-14(17)2)21-13-23-26/h10-13,15-16H,3-9H2,1-2H3. The van der Waals surface area contributed by atoms with E-state index in [4.69, 9.17) is 0 Å². The van der Waals surface area contributed by atoms with Crippen molar-refractivity contribution in [3.05, 3.63) is 41.6 Å². The first-order chi connectivity index (χ1) is 14.0. The molecule has 4 heterocycles. The summed E-state index contributed by atoms with van der Waals surface area (Å²) in [6.45, 7) is 5.86. The van der Waals surface area contributed by atoms with Gasteiger partial charge in [-0.1, -0.05) is 0 Å². The molecule has 1 saturated heterocycles. The smallest absolute Gasteiger partial charge is 0.246 e. The molecule has 0 bridgehead atoms. The zero-order chi connectivity index (χ0) is 20.2. The van der Waals surface area contributed by atoms with E-state index < -0.39 is 10.0 Å². The van der Waals surface area contributed by atoms with Crippen molar-refractivity contribution in [3.8, 4) is 0 Å². The largest absolute Gasteiger partial charge is 0.268 e. The van der Waals surface area contributed by atoms with Gasteiger partial charge < -0.3 is 0 Å². The number of aryl methyl sites for hydroxylation is 2. The fourth-order valence-corrected chi connectivity index (χ4v) is 6.23. The van der Waals surface area contributed by atoms with Gasteiger partial charge in [-0.25, -0.2) is 17.9 Å². The van der Waals surface area contributed by atoms with Crippen LogP contribution in [-0.4, -0.2) is 50.2 Å². The zero-order valence-corrected chi connectivity index (χ0v) is 17.6. The van der Waals surface area contributed by atoms with E-state index in [-0.39, 0.29) is 0 Å². The number of pyridine rings is 1. The summed E-state index contributed by atoms with van der Waals surface area (Å²) < 4.78 is 32.0. The molecule has 5 rings (SSSR count). The molecule has 0 amide bonds. The summed E-state index contributed by atoms with van der Waals surface area (Å²) in [6.07, 6.45) is 8.88. The van der Waals surface area contributed by atoms with Crippen LogP contribution in [0.5, 0.6) is 0 Å². The highest BCUT2D eigenvalue weighted by Gasteiger charge is 2.38. The molecule has 2 fully saturated rings. The normalized spacial score (nSPS) is 19.2. The maximum absolute atomic E-state index is 13.4. The van der Waals surface area contributed by atoms with E-state index in [1.807, 2.05) is 23.9 Å². The van der Waals surface area contributed by atoms with E-state index in [0.717, 1.165) is 37.0 Å². The molecule has 0 N–H and O–H groups in total. The second-order valence-corrected chi connectivity index (χ2v) is 10.0. The van der Waals surface area contributed by atoms with Gasteiger partial charge in [-0.15, -0.1) is 0 Å². The van der Waals surface area contributed by atoms with Gasteiger partial charge in [-0.3, -0.25) is 4.68 Å². The van der Waals surface area contributed by atoms with E-state index in [1.54, 1.807) is 21.3 Å². The Hall–Kier alpha value is -2.26. The predicted octanol–water partition coefficient (Wildman–Crippen LogP) is 2.70. The molecule has 1 saturated carbocycles. The van der Waals surface area contributed by atoms with Crippen LogP contribution in [0, 0.1) is 6.92 Å². The average molecular weight is 415 g/mol. The third-order valence-electron chi connectivity index (χ3n) is 6.28. The number of piperidine rings is 1. The van der Waals surface area contributed by atoms with Crippen molar-refractivity contribution >= 4 is 15.7 Å². The van der Waals surface area contributed by atoms with Crippen LogP contribution in [0.4, 0.5) is 0 Å². The summed E-state index contributed by atoms with van der Waals surface area (Å²) in [5, 5.41) is 8.59. The van der Waals surface area contributed by atoms with Crippen molar-refractivity contribution < 1.29 is 8.42 Å². The van der Waals surface area contributed by atoms with Crippen LogP contribution in [0.2, 0.25) is 0 Å². The third-order valence-corrected chi connectivity index (χ3v) is 8.20. The molecule has 1 aliphatic heterocycles. The van der Waals surface area contributed by atoms with E-state index >= 15 is 0 Å². The van der Waals surface area contributed by atoms with Crippen LogP contribution in [-0.2, 0) is 16.6 Å². The lowest BCUT2D eigenvalue weighted by molar-refractivity contribution is 0.318. The number of sulfonamides is 1. The molecule has 1 aliphatic carbocycles. The Morgan fingerprint density at radius 2 is 1.86 bits per heavy atom. The van der Waals surface area contributed by atoms with Crippen LogP contribution < -0.4 is 0 Å². The predicted molar refractivity (Wildman–Crippen MR) is 108 cm³/mol. The molecule has 0 aromatic carbocycles. The van der Waals surface area contributed by atoms with Crippen molar-refractivity contribution in [2.45, 2.75) is 62.8 Å². The van der Waals surface area contributed by atoms with Gasteiger partial charge in [0.2, 0.25) is 10.0 Å². The van der Waals surface area contributed by atoms with Crippen LogP contribution in [0.15, 0.2) is 29.7 Å². The summed E-state index contributed by atoms with van der Waals surface area (Å²) >= 11 is 0. The molecule has 29 heavy (non-hydrogen) atoms. The van der Waals surface area contributed by atoms with Crippen LogP contribution in [0.25, 0.3) is 5.65 Å². The number of hydrogen-bond acceptors (Lipinski definition) is 5. The zero-order valence-electron chi connectivity index (χ0n) is 16.8. The first kappa shape index (κ1) is 18.7. The average Bonchev–Trinajstić information content (AvgIpc) is 3.29. The highest BCUT2D eigenvalue weighted by atomic mass is 32.2. The monoisotopic (exact) mass is 414 g/mol. The Kier molecular flexibility index (Phi) is 4.47. The Labute approximate surface area is 170 Å². The second-order valence-electron chi connectivity index (χ2n) is 8.14. The Balaban J connectivity index is 1.37. The number of nitrogens with zero attached hydrogens (tertiary/aromatic N) is 6. The molecule has 8 nitrogen and oxygen atoms in total. The topological polar surface area (TPSA) is 85.4 Å². The van der Waals surface area contributed by atoms with E-state index in [9.17, 15) is 8.42 Å². The van der Waals surface area contributed by atoms with Crippen molar-refractivity contribution in [3.63, 3.8) is 0 Å². The Morgan fingerprint density at radius 1 is 1.10 bits per heavy atom. The summed E-state index contributed by atoms with van der Waals surface area (Å²) in [6, 6.07) is 2.05. The van der Waals surface area contributed by atoms with Crippen LogP contribution in [0.1, 0.15) is 61.3 Å². The molecular weight excluding hydrogens is 388 g/mol. The van der Waals surface area contributed by atoms with Crippen LogP contribution >= 0.6 is 0 Å². The summed E-state index contributed by atoms with van der Waals surface area (Å²) in [7, 11) is -3.51. The van der Waals surface area contributed by atoms with Gasteiger partial charge in [0.1, 0.15) is 11.2 Å². The van der Waals surface area contributed by atoms with Gasteiger partial charge in [0.15, 0.2) is 5.65 Å². The minimum absolute atomic E-state index is 0.330. The lowest BCUT2D eigenvalue weighted by atomic mass is 9.89. The van der Waals surface area contributed by atoms with Gasteiger partial charge in [0, 0.05) is 31.7 Å². The van der Waals surface area contributed by atoms with Gasteiger partial charge in [-0.2, -0.15) is 14.5 Å². The first-order valence-corrected chi connectivity index (χ1v) is 11.8. The lowest BCUT2D eigenvalue weighted by Crippen LogP contribution is -2.38. The molecule has 0 spiro atoms. The van der Waals surface area contributed by atoms with Gasteiger partial charge in [-0.05, 0) is 62.6 Å². The fraction of sp³-hybridized carbons (Fsp3) is 0.550. The maximum atomic E-state index is 13.4. The minimum atomic E-state index is -3.51. The summed E-state index contributed by atoms with van der Waals surface area (Å²) in [5.74, 6) is 0.674. The Morgan fingerprint density at radius 3 is 2.55 bits per heavy atom. The summed E-state index contributed by atoms with van der Waals surface area (Å²) in [4.78, 5) is 4.65. The molecule has 0 unspecified atom stereocenters. The molecule has 3 aromatic rings. The van der Waals surface area contributed by atoms with Crippen molar-refractivity contribution in [2.75, 3.05) is 13.1 Å². The fourth-order valence-electron chi connectivity index (χ4n) is 4.54. The van der Waals surface area contributed by atoms with E-state index in [0.29, 0.717) is 36.4 Å². The lowest BCUT2D eigenvalue weighted by Gasteiger charge is -2.32. The minimum Gasteiger partial charge on any atom is -0.268 e. The molecule has 9 heteroatoms. The third kappa shape index (κ3) is 3.16. The Bertz CT molecular complexity index is 1150. The first-order valence-electron chi connectivity index (χ1n) is 10.3. The van der Waals surface area contributed by atoms with E-state index in [2.05, 4.69) is 22.1 Å². The van der Waals surface area contributed by atoms with Crippen molar-refractivity contribution in [2.24, 2.45) is 0 Å². The van der Waals surface area contributed by atoms with Crippen LogP contribution in [0.3, 0.4) is 0 Å².